The molecule has 0 aromatic rings. The molecule has 0 rings (SSSR count). The molecule has 0 nitrogen and oxygen atoms in total. The molecule has 0 bridgehead atoms. The Morgan fingerprint density at radius 2 is 1.86 bits per heavy atom. The van der Waals surface area contributed by atoms with Gasteiger partial charge in [-0.1, -0.05) is 0 Å². The quantitative estimate of drug-likeness (QED) is 0.238. The molecule has 0 aromatic heterocycles. The van der Waals surface area contributed by atoms with Gasteiger partial charge in [0.05, 0.1) is 0 Å². The van der Waals surface area contributed by atoms with Crippen molar-refractivity contribution in [2.75, 3.05) is 0 Å². The minimum absolute atomic E-state index is 1.84. The summed E-state index contributed by atoms with van der Waals surface area (Å²) in [4.78, 5) is 0. The van der Waals surface area contributed by atoms with Gasteiger partial charge >= 0.3 is 48.0 Å². The third-order valence-electron chi connectivity index (χ3n) is 0.239. The van der Waals surface area contributed by atoms with Crippen molar-refractivity contribution in [3.8, 4) is 28.9 Å². The summed E-state index contributed by atoms with van der Waals surface area (Å²) in [5, 5.41) is 2.14. The molecule has 0 aliphatic heterocycles. The Kier molecular flexibility index (Phi) is 4.48. The first-order chi connectivity index (χ1) is 3.41. The summed E-state index contributed by atoms with van der Waals surface area (Å²) in [6.45, 7) is 0. The van der Waals surface area contributed by atoms with Gasteiger partial charge < -0.3 is 0 Å². The van der Waals surface area contributed by atoms with Crippen molar-refractivity contribution in [1.29, 1.82) is 0 Å². The van der Waals surface area contributed by atoms with Gasteiger partial charge in [-0.25, -0.2) is 0 Å². The molecule has 0 spiro atoms. The normalized spacial score (nSPS) is 3.71. The van der Waals surface area contributed by atoms with E-state index in [1.807, 2.05) is 5.92 Å². The first-order valence-corrected chi connectivity index (χ1v) is 1.86. The maximum absolute atomic E-state index is 6.26. The Bertz CT molecular complexity index is 186. The first-order valence-electron chi connectivity index (χ1n) is 1.45. The molecular weight excluding hydrogens is 104 g/mol. The van der Waals surface area contributed by atoms with Gasteiger partial charge in [-0.05, 0) is 0 Å². The fourth-order valence-electron chi connectivity index (χ4n) is 0.0880. The van der Waals surface area contributed by atoms with Gasteiger partial charge in [0.15, 0.2) is 0 Å². The van der Waals surface area contributed by atoms with Crippen LogP contribution in [-0.2, 0) is 12.6 Å². The van der Waals surface area contributed by atoms with Crippen molar-refractivity contribution < 1.29 is 0 Å². The van der Waals surface area contributed by atoms with Crippen LogP contribution in [0.25, 0.3) is 0 Å². The van der Waals surface area contributed by atoms with Gasteiger partial charge in [-0.2, -0.15) is 0 Å². The summed E-state index contributed by atoms with van der Waals surface area (Å²) in [6.07, 6.45) is 6.26. The van der Waals surface area contributed by atoms with Crippen LogP contribution in [0.5, 0.6) is 0 Å². The zero-order valence-electron chi connectivity index (χ0n) is 3.41. The van der Waals surface area contributed by atoms with Gasteiger partial charge in [0.25, 0.3) is 0 Å². The molecule has 0 heterocycles. The predicted octanol–water partition coefficient (Wildman–Crippen LogP) is 0.0874. The SMILES string of the molecule is [C+]#CC#CC#C[S-]. The van der Waals surface area contributed by atoms with Crippen LogP contribution in [0, 0.1) is 35.4 Å². The van der Waals surface area contributed by atoms with E-state index in [4.69, 9.17) is 6.42 Å². The van der Waals surface area contributed by atoms with Crippen LogP contribution < -0.4 is 0 Å². The summed E-state index contributed by atoms with van der Waals surface area (Å²) in [5.41, 5.74) is 0. The zero-order chi connectivity index (χ0) is 5.54. The standard InChI is InChI=1S/C6S/c1-2-3-4-5-6-7. The maximum atomic E-state index is 6.26. The average Bonchev–Trinajstić information content (AvgIpc) is 1.69. The first kappa shape index (κ1) is 6.12. The van der Waals surface area contributed by atoms with E-state index in [0.717, 1.165) is 0 Å². The van der Waals surface area contributed by atoms with Gasteiger partial charge in [0, 0.05) is 0 Å². The summed E-state index contributed by atoms with van der Waals surface area (Å²) in [7, 11) is 0. The van der Waals surface area contributed by atoms with Crippen molar-refractivity contribution in [2.45, 2.75) is 0 Å². The van der Waals surface area contributed by atoms with Crippen LogP contribution in [-0.4, -0.2) is 0 Å². The van der Waals surface area contributed by atoms with Crippen LogP contribution in [0.1, 0.15) is 0 Å². The molecule has 0 radical (unpaired) electrons. The van der Waals surface area contributed by atoms with Crippen LogP contribution >= 0.6 is 0 Å². The molecule has 0 saturated heterocycles. The monoisotopic (exact) mass is 104 g/mol. The Hall–Kier alpha value is -0.880. The van der Waals surface area contributed by atoms with E-state index >= 15 is 0 Å². The molecule has 0 fully saturated rings. The molecule has 7 heavy (non-hydrogen) atoms. The van der Waals surface area contributed by atoms with E-state index in [0.29, 0.717) is 0 Å². The molecule has 0 saturated carbocycles. The molecular formula is C6S. The summed E-state index contributed by atoms with van der Waals surface area (Å²) < 4.78 is 0. The van der Waals surface area contributed by atoms with Crippen molar-refractivity contribution in [2.24, 2.45) is 0 Å². The minimum atomic E-state index is 1.84. The number of rotatable bonds is 0. The van der Waals surface area contributed by atoms with E-state index in [1.54, 1.807) is 0 Å². The summed E-state index contributed by atoms with van der Waals surface area (Å²) in [6, 6.07) is 0. The second-order valence-electron chi connectivity index (χ2n) is 0.602. The zero-order valence-corrected chi connectivity index (χ0v) is 4.22. The van der Waals surface area contributed by atoms with Gasteiger partial charge in [-0.3, -0.25) is 0 Å². The Balaban J connectivity index is 3.68. The molecule has 0 aliphatic carbocycles. The van der Waals surface area contributed by atoms with Gasteiger partial charge in [-0.15, -0.1) is 0 Å². The predicted molar refractivity (Wildman–Crippen MR) is 30.0 cm³/mol. The molecule has 30 valence electrons. The molecule has 0 N–H and O–H groups in total. The van der Waals surface area contributed by atoms with Crippen LogP contribution in [0.15, 0.2) is 0 Å². The summed E-state index contributed by atoms with van der Waals surface area (Å²) in [5.74, 6) is 8.56. The van der Waals surface area contributed by atoms with Crippen molar-refractivity contribution in [3.05, 3.63) is 6.42 Å². The molecule has 0 aromatic carbocycles. The number of hydrogen-bond donors (Lipinski definition) is 0. The third-order valence-corrected chi connectivity index (χ3v) is 0.341. The topological polar surface area (TPSA) is 0 Å². The second kappa shape index (κ2) is 5.12. The number of hydrogen-bond acceptors (Lipinski definition) is 1. The Morgan fingerprint density at radius 3 is 2.29 bits per heavy atom. The molecule has 0 aliphatic rings. The van der Waals surface area contributed by atoms with E-state index < -0.39 is 0 Å². The van der Waals surface area contributed by atoms with E-state index in [1.165, 1.54) is 0 Å². The van der Waals surface area contributed by atoms with Crippen LogP contribution in [0.2, 0.25) is 0 Å². The van der Waals surface area contributed by atoms with Crippen molar-refractivity contribution in [1.82, 2.24) is 0 Å². The van der Waals surface area contributed by atoms with Crippen molar-refractivity contribution >= 4 is 12.6 Å². The Labute approximate surface area is 48.7 Å². The second-order valence-corrected chi connectivity index (χ2v) is 0.806. The van der Waals surface area contributed by atoms with E-state index in [9.17, 15) is 0 Å². The van der Waals surface area contributed by atoms with Gasteiger partial charge in [0.1, 0.15) is 0 Å². The average molecular weight is 104 g/mol. The molecule has 0 unspecified atom stereocenters. The molecule has 1 heteroatoms. The fraction of sp³-hybridized carbons (Fsp3) is 0. The fourth-order valence-corrected chi connectivity index (χ4v) is 0.139. The molecule has 0 atom stereocenters. The van der Waals surface area contributed by atoms with Gasteiger partial charge in [0.2, 0.25) is 0 Å². The van der Waals surface area contributed by atoms with E-state index in [-0.39, 0.29) is 0 Å². The molecule has 0 amide bonds. The third kappa shape index (κ3) is 5.12. The van der Waals surface area contributed by atoms with Crippen LogP contribution in [0.4, 0.5) is 0 Å². The summed E-state index contributed by atoms with van der Waals surface area (Å²) >= 11 is 4.21. The van der Waals surface area contributed by atoms with Crippen LogP contribution in [0.3, 0.4) is 0 Å². The van der Waals surface area contributed by atoms with Crippen molar-refractivity contribution in [3.63, 3.8) is 0 Å². The van der Waals surface area contributed by atoms with E-state index in [2.05, 4.69) is 35.6 Å². The Morgan fingerprint density at radius 1 is 1.14 bits per heavy atom.